The molecular formula is C15H25N2O+. The number of hydrogen-bond donors (Lipinski definition) is 1. The quantitative estimate of drug-likeness (QED) is 0.662. The molecule has 1 amide bonds. The standard InChI is InChI=1S/C15H24N2O/c18-14-7-1-6-13-12-5-3-9-16-8-2-4-11(15(12)16)10-17(13)14/h11-13,15H,1-10H2/p+1/t11-,12-,13+,15+/m0/s1. The minimum atomic E-state index is 0.461. The third kappa shape index (κ3) is 1.56. The van der Waals surface area contributed by atoms with Crippen LogP contribution in [0, 0.1) is 11.8 Å². The highest BCUT2D eigenvalue weighted by molar-refractivity contribution is 5.77. The van der Waals surface area contributed by atoms with Crippen molar-refractivity contribution in [3.8, 4) is 0 Å². The average Bonchev–Trinajstić information content (AvgIpc) is 2.41. The molecule has 1 unspecified atom stereocenters. The van der Waals surface area contributed by atoms with E-state index >= 15 is 0 Å². The molecule has 4 saturated heterocycles. The van der Waals surface area contributed by atoms with Crippen molar-refractivity contribution in [3.05, 3.63) is 0 Å². The largest absolute Gasteiger partial charge is 0.339 e. The second kappa shape index (κ2) is 4.22. The van der Waals surface area contributed by atoms with E-state index in [-0.39, 0.29) is 0 Å². The van der Waals surface area contributed by atoms with E-state index in [1.54, 1.807) is 0 Å². The molecule has 0 bridgehead atoms. The number of piperidine rings is 4. The van der Waals surface area contributed by atoms with E-state index in [0.717, 1.165) is 37.3 Å². The molecule has 18 heavy (non-hydrogen) atoms. The summed E-state index contributed by atoms with van der Waals surface area (Å²) in [7, 11) is 0. The van der Waals surface area contributed by atoms with E-state index in [1.165, 1.54) is 45.2 Å². The van der Waals surface area contributed by atoms with E-state index in [4.69, 9.17) is 0 Å². The maximum atomic E-state index is 12.2. The number of carbonyl (C=O) groups excluding carboxylic acids is 1. The Labute approximate surface area is 110 Å². The van der Waals surface area contributed by atoms with Gasteiger partial charge < -0.3 is 9.80 Å². The van der Waals surface area contributed by atoms with Gasteiger partial charge in [-0.1, -0.05) is 0 Å². The summed E-state index contributed by atoms with van der Waals surface area (Å²) in [5, 5.41) is 0. The molecule has 4 aliphatic heterocycles. The van der Waals surface area contributed by atoms with E-state index in [9.17, 15) is 4.79 Å². The summed E-state index contributed by atoms with van der Waals surface area (Å²) in [4.78, 5) is 16.4. The summed E-state index contributed by atoms with van der Waals surface area (Å²) in [6.45, 7) is 3.89. The molecule has 0 aromatic rings. The Hall–Kier alpha value is -0.570. The average molecular weight is 249 g/mol. The van der Waals surface area contributed by atoms with Crippen molar-refractivity contribution in [2.45, 2.75) is 57.0 Å². The second-order valence-corrected chi connectivity index (χ2v) is 6.90. The van der Waals surface area contributed by atoms with Gasteiger partial charge in [0.25, 0.3) is 0 Å². The van der Waals surface area contributed by atoms with Crippen molar-refractivity contribution in [1.29, 1.82) is 0 Å². The molecule has 4 fully saturated rings. The first kappa shape index (κ1) is 11.3. The van der Waals surface area contributed by atoms with Crippen LogP contribution in [0.25, 0.3) is 0 Å². The number of carbonyl (C=O) groups is 1. The van der Waals surface area contributed by atoms with E-state index in [0.29, 0.717) is 11.9 Å². The monoisotopic (exact) mass is 249 g/mol. The van der Waals surface area contributed by atoms with Gasteiger partial charge in [0.2, 0.25) is 5.91 Å². The van der Waals surface area contributed by atoms with Gasteiger partial charge in [0, 0.05) is 30.8 Å². The third-order valence-electron chi connectivity index (χ3n) is 6.09. The Morgan fingerprint density at radius 3 is 2.78 bits per heavy atom. The number of fused-ring (bicyclic) bond motifs is 2. The van der Waals surface area contributed by atoms with Gasteiger partial charge >= 0.3 is 0 Å². The summed E-state index contributed by atoms with van der Waals surface area (Å²) in [6, 6.07) is 1.51. The summed E-state index contributed by atoms with van der Waals surface area (Å²) in [5.74, 6) is 2.11. The number of rotatable bonds is 0. The first-order valence-electron chi connectivity index (χ1n) is 7.98. The molecule has 3 nitrogen and oxygen atoms in total. The van der Waals surface area contributed by atoms with Crippen molar-refractivity contribution in [3.63, 3.8) is 0 Å². The van der Waals surface area contributed by atoms with Crippen LogP contribution >= 0.6 is 0 Å². The van der Waals surface area contributed by atoms with Crippen molar-refractivity contribution in [2.75, 3.05) is 19.6 Å². The lowest BCUT2D eigenvalue weighted by Gasteiger charge is -2.56. The van der Waals surface area contributed by atoms with Crippen molar-refractivity contribution in [1.82, 2.24) is 4.90 Å². The molecule has 0 aromatic carbocycles. The summed E-state index contributed by atoms with van der Waals surface area (Å²) >= 11 is 0. The van der Waals surface area contributed by atoms with Gasteiger partial charge in [0.15, 0.2) is 0 Å². The van der Waals surface area contributed by atoms with Gasteiger partial charge in [0.05, 0.1) is 19.1 Å². The zero-order valence-electron chi connectivity index (χ0n) is 11.2. The normalized spacial score (nSPS) is 47.4. The zero-order chi connectivity index (χ0) is 12.1. The van der Waals surface area contributed by atoms with Crippen molar-refractivity contribution < 1.29 is 9.69 Å². The van der Waals surface area contributed by atoms with Gasteiger partial charge in [-0.05, 0) is 38.5 Å². The van der Waals surface area contributed by atoms with E-state index in [2.05, 4.69) is 4.90 Å². The SMILES string of the molecule is O=C1CCC[C@@H]2[C@@H]3CCC[NH+]4CCC[C@@H](CN12)[C@H]34. The summed E-state index contributed by atoms with van der Waals surface area (Å²) in [5.41, 5.74) is 0. The highest BCUT2D eigenvalue weighted by atomic mass is 16.2. The van der Waals surface area contributed by atoms with E-state index in [1.807, 2.05) is 4.90 Å². The lowest BCUT2D eigenvalue weighted by atomic mass is 9.68. The molecule has 4 rings (SSSR count). The smallest absolute Gasteiger partial charge is 0.222 e. The predicted molar refractivity (Wildman–Crippen MR) is 69.3 cm³/mol. The second-order valence-electron chi connectivity index (χ2n) is 6.90. The molecule has 1 N–H and O–H groups in total. The highest BCUT2D eigenvalue weighted by Crippen LogP contribution is 2.39. The Kier molecular flexibility index (Phi) is 2.65. The minimum Gasteiger partial charge on any atom is -0.339 e. The van der Waals surface area contributed by atoms with Crippen LogP contribution in [0.2, 0.25) is 0 Å². The Bertz CT molecular complexity index is 354. The molecule has 5 atom stereocenters. The Morgan fingerprint density at radius 2 is 1.89 bits per heavy atom. The molecular weight excluding hydrogens is 224 g/mol. The van der Waals surface area contributed by atoms with Crippen LogP contribution in [0.3, 0.4) is 0 Å². The fourth-order valence-electron chi connectivity index (χ4n) is 5.48. The Morgan fingerprint density at radius 1 is 1.06 bits per heavy atom. The number of nitrogens with one attached hydrogen (secondary N) is 1. The van der Waals surface area contributed by atoms with Crippen LogP contribution in [-0.2, 0) is 4.79 Å². The van der Waals surface area contributed by atoms with Crippen LogP contribution in [0.4, 0.5) is 0 Å². The number of hydrogen-bond acceptors (Lipinski definition) is 1. The summed E-state index contributed by atoms with van der Waals surface area (Å²) < 4.78 is 0. The Balaban J connectivity index is 1.66. The molecule has 3 heteroatoms. The lowest BCUT2D eigenvalue weighted by Crippen LogP contribution is -3.20. The maximum Gasteiger partial charge on any atom is 0.222 e. The molecule has 4 aliphatic rings. The molecule has 4 heterocycles. The van der Waals surface area contributed by atoms with Gasteiger partial charge in [0.1, 0.15) is 0 Å². The fraction of sp³-hybridized carbons (Fsp3) is 0.933. The van der Waals surface area contributed by atoms with E-state index < -0.39 is 0 Å². The van der Waals surface area contributed by atoms with Crippen LogP contribution in [-0.4, -0.2) is 42.5 Å². The predicted octanol–water partition coefficient (Wildman–Crippen LogP) is 0.455. The molecule has 0 saturated carbocycles. The van der Waals surface area contributed by atoms with Crippen LogP contribution in [0.15, 0.2) is 0 Å². The van der Waals surface area contributed by atoms with Gasteiger partial charge in [-0.3, -0.25) is 4.79 Å². The first-order chi connectivity index (χ1) is 8.84. The maximum absolute atomic E-state index is 12.2. The number of quaternary nitrogens is 1. The number of amides is 1. The first-order valence-corrected chi connectivity index (χ1v) is 7.98. The van der Waals surface area contributed by atoms with Gasteiger partial charge in [-0.25, -0.2) is 0 Å². The van der Waals surface area contributed by atoms with Crippen LogP contribution in [0.1, 0.15) is 44.9 Å². The van der Waals surface area contributed by atoms with Gasteiger partial charge in [-0.15, -0.1) is 0 Å². The van der Waals surface area contributed by atoms with Crippen LogP contribution in [0.5, 0.6) is 0 Å². The van der Waals surface area contributed by atoms with Gasteiger partial charge in [-0.2, -0.15) is 0 Å². The van der Waals surface area contributed by atoms with Crippen molar-refractivity contribution >= 4 is 5.91 Å². The minimum absolute atomic E-state index is 0.461. The third-order valence-corrected chi connectivity index (χ3v) is 6.09. The van der Waals surface area contributed by atoms with Crippen molar-refractivity contribution in [2.24, 2.45) is 11.8 Å². The van der Waals surface area contributed by atoms with Crippen LogP contribution < -0.4 is 4.90 Å². The molecule has 0 spiro atoms. The lowest BCUT2D eigenvalue weighted by molar-refractivity contribution is -0.946. The molecule has 0 radical (unpaired) electrons. The molecule has 0 aromatic heterocycles. The topological polar surface area (TPSA) is 24.8 Å². The number of nitrogens with zero attached hydrogens (tertiary/aromatic N) is 1. The zero-order valence-corrected chi connectivity index (χ0v) is 11.2. The highest BCUT2D eigenvalue weighted by Gasteiger charge is 2.52. The molecule has 100 valence electrons. The fourth-order valence-corrected chi connectivity index (χ4v) is 5.48. The molecule has 0 aliphatic carbocycles. The summed E-state index contributed by atoms with van der Waals surface area (Å²) in [6.07, 6.45) is 8.78.